The zero-order valence-corrected chi connectivity index (χ0v) is 13.9. The number of anilines is 1. The van der Waals surface area contributed by atoms with E-state index >= 15 is 0 Å². The largest absolute Gasteiger partial charge is 0.316 e. The number of nitrogens with zero attached hydrogens (tertiary/aromatic N) is 7. The highest BCUT2D eigenvalue weighted by Gasteiger charge is 2.29. The molecule has 0 atom stereocenters. The molecular weight excluding hydrogens is 330 g/mol. The van der Waals surface area contributed by atoms with Gasteiger partial charge in [-0.25, -0.2) is 14.5 Å². The molecule has 0 bridgehead atoms. The molecule has 0 spiro atoms. The molecule has 0 radical (unpaired) electrons. The molecule has 0 N–H and O–H groups in total. The van der Waals surface area contributed by atoms with Crippen LogP contribution in [-0.2, 0) is 6.54 Å². The van der Waals surface area contributed by atoms with Crippen molar-refractivity contribution in [3.8, 4) is 11.3 Å². The third kappa shape index (κ3) is 2.34. The van der Waals surface area contributed by atoms with E-state index in [1.54, 1.807) is 23.4 Å². The average Bonchev–Trinajstić information content (AvgIpc) is 3.32. The van der Waals surface area contributed by atoms with E-state index in [4.69, 9.17) is 4.98 Å². The zero-order chi connectivity index (χ0) is 17.5. The molecule has 1 amide bonds. The van der Waals surface area contributed by atoms with E-state index in [2.05, 4.69) is 15.1 Å². The Morgan fingerprint density at radius 3 is 2.77 bits per heavy atom. The molecule has 8 nitrogen and oxygen atoms in total. The Labute approximate surface area is 148 Å². The van der Waals surface area contributed by atoms with E-state index in [-0.39, 0.29) is 11.7 Å². The monoisotopic (exact) mass is 345 g/mol. The minimum atomic E-state index is -0.262. The maximum Gasteiger partial charge on any atom is 0.300 e. The molecule has 4 heterocycles. The second kappa shape index (κ2) is 5.76. The minimum absolute atomic E-state index is 0.126. The standard InChI is InChI=1S/C18H15N7O/c26-16(15-21-17-19-8-4-11-25(17)22-15)24-10-5-9-23-12-14(20-18(23)24)13-6-2-1-3-7-13/h1-4,6-8,11-12H,5,9-10H2. The first-order valence-corrected chi connectivity index (χ1v) is 8.41. The van der Waals surface area contributed by atoms with Crippen molar-refractivity contribution in [2.75, 3.05) is 11.4 Å². The summed E-state index contributed by atoms with van der Waals surface area (Å²) in [6.45, 7) is 1.42. The number of hydrogen-bond donors (Lipinski definition) is 0. The van der Waals surface area contributed by atoms with Crippen molar-refractivity contribution in [3.05, 3.63) is 60.8 Å². The highest BCUT2D eigenvalue weighted by Crippen LogP contribution is 2.27. The van der Waals surface area contributed by atoms with Crippen molar-refractivity contribution < 1.29 is 4.79 Å². The van der Waals surface area contributed by atoms with Gasteiger partial charge in [-0.2, -0.15) is 4.98 Å². The van der Waals surface area contributed by atoms with E-state index in [0.717, 1.165) is 24.2 Å². The summed E-state index contributed by atoms with van der Waals surface area (Å²) in [6, 6.07) is 11.7. The summed E-state index contributed by atoms with van der Waals surface area (Å²) in [5, 5.41) is 4.24. The summed E-state index contributed by atoms with van der Waals surface area (Å²) < 4.78 is 3.51. The van der Waals surface area contributed by atoms with Gasteiger partial charge in [0.2, 0.25) is 11.8 Å². The maximum atomic E-state index is 13.0. The van der Waals surface area contributed by atoms with Crippen LogP contribution in [0.15, 0.2) is 55.0 Å². The molecule has 0 aliphatic carbocycles. The van der Waals surface area contributed by atoms with Crippen molar-refractivity contribution in [1.29, 1.82) is 0 Å². The molecule has 5 rings (SSSR count). The molecule has 1 aliphatic heterocycles. The van der Waals surface area contributed by atoms with Crippen LogP contribution in [-0.4, -0.2) is 41.6 Å². The molecule has 0 unspecified atom stereocenters. The first-order valence-electron chi connectivity index (χ1n) is 8.41. The number of imidazole rings is 1. The van der Waals surface area contributed by atoms with Crippen molar-refractivity contribution in [2.24, 2.45) is 0 Å². The van der Waals surface area contributed by atoms with Crippen LogP contribution < -0.4 is 4.90 Å². The Bertz CT molecular complexity index is 1070. The number of aromatic nitrogens is 6. The molecule has 0 fully saturated rings. The number of carbonyl (C=O) groups excluding carboxylic acids is 1. The quantitative estimate of drug-likeness (QED) is 0.555. The van der Waals surface area contributed by atoms with Gasteiger partial charge in [0.15, 0.2) is 0 Å². The Hall–Kier alpha value is -3.55. The number of fused-ring (bicyclic) bond motifs is 2. The molecule has 0 saturated heterocycles. The van der Waals surface area contributed by atoms with E-state index in [1.807, 2.05) is 41.1 Å². The predicted molar refractivity (Wildman–Crippen MR) is 94.7 cm³/mol. The van der Waals surface area contributed by atoms with Crippen LogP contribution in [0.3, 0.4) is 0 Å². The first kappa shape index (κ1) is 14.8. The second-order valence-electron chi connectivity index (χ2n) is 6.10. The lowest BCUT2D eigenvalue weighted by Gasteiger charge is -2.25. The molecule has 0 saturated carbocycles. The maximum absolute atomic E-state index is 13.0. The lowest BCUT2D eigenvalue weighted by molar-refractivity contribution is 0.0971. The van der Waals surface area contributed by atoms with Crippen molar-refractivity contribution >= 4 is 17.6 Å². The summed E-state index contributed by atoms with van der Waals surface area (Å²) in [5.41, 5.74) is 1.88. The predicted octanol–water partition coefficient (Wildman–Crippen LogP) is 2.04. The van der Waals surface area contributed by atoms with Gasteiger partial charge < -0.3 is 4.57 Å². The normalized spacial score (nSPS) is 13.8. The van der Waals surface area contributed by atoms with Gasteiger partial charge in [-0.3, -0.25) is 9.69 Å². The molecule has 26 heavy (non-hydrogen) atoms. The van der Waals surface area contributed by atoms with Crippen molar-refractivity contribution in [1.82, 2.24) is 29.1 Å². The van der Waals surface area contributed by atoms with Crippen LogP contribution in [0.1, 0.15) is 17.0 Å². The number of hydrogen-bond acceptors (Lipinski definition) is 5. The second-order valence-corrected chi connectivity index (χ2v) is 6.10. The Balaban J connectivity index is 1.53. The fourth-order valence-corrected chi connectivity index (χ4v) is 3.17. The fourth-order valence-electron chi connectivity index (χ4n) is 3.17. The van der Waals surface area contributed by atoms with Gasteiger partial charge in [0, 0.05) is 37.2 Å². The summed E-state index contributed by atoms with van der Waals surface area (Å²) in [7, 11) is 0. The fraction of sp³-hybridized carbons (Fsp3) is 0.167. The van der Waals surface area contributed by atoms with Crippen LogP contribution in [0.25, 0.3) is 17.0 Å². The van der Waals surface area contributed by atoms with Crippen LogP contribution in [0.4, 0.5) is 5.95 Å². The van der Waals surface area contributed by atoms with Crippen LogP contribution in [0, 0.1) is 0 Å². The number of amides is 1. The molecule has 8 heteroatoms. The topological polar surface area (TPSA) is 81.2 Å². The van der Waals surface area contributed by atoms with E-state index < -0.39 is 0 Å². The SMILES string of the molecule is O=C(c1nc2ncccn2n1)N1CCCn2cc(-c3ccccc3)nc21. The van der Waals surface area contributed by atoms with Gasteiger partial charge in [0.25, 0.3) is 11.7 Å². The number of benzene rings is 1. The lowest BCUT2D eigenvalue weighted by atomic mass is 10.2. The first-order chi connectivity index (χ1) is 12.8. The van der Waals surface area contributed by atoms with E-state index in [1.165, 1.54) is 4.52 Å². The molecule has 1 aliphatic rings. The van der Waals surface area contributed by atoms with Gasteiger partial charge in [0.1, 0.15) is 0 Å². The number of aryl methyl sites for hydroxylation is 1. The highest BCUT2D eigenvalue weighted by molar-refractivity contribution is 6.03. The summed E-state index contributed by atoms with van der Waals surface area (Å²) in [5.74, 6) is 0.899. The van der Waals surface area contributed by atoms with Gasteiger partial charge >= 0.3 is 0 Å². The van der Waals surface area contributed by atoms with E-state index in [9.17, 15) is 4.79 Å². The summed E-state index contributed by atoms with van der Waals surface area (Å²) >= 11 is 0. The van der Waals surface area contributed by atoms with Crippen LogP contribution in [0.2, 0.25) is 0 Å². The van der Waals surface area contributed by atoms with Gasteiger partial charge in [-0.05, 0) is 12.5 Å². The van der Waals surface area contributed by atoms with Gasteiger partial charge in [-0.15, -0.1) is 5.10 Å². The Morgan fingerprint density at radius 1 is 1.04 bits per heavy atom. The third-order valence-corrected chi connectivity index (χ3v) is 4.40. The number of rotatable bonds is 2. The molecule has 128 valence electrons. The Kier molecular flexibility index (Phi) is 3.27. The van der Waals surface area contributed by atoms with Gasteiger partial charge in [0.05, 0.1) is 5.69 Å². The summed E-state index contributed by atoms with van der Waals surface area (Å²) in [4.78, 5) is 27.7. The van der Waals surface area contributed by atoms with Crippen molar-refractivity contribution in [2.45, 2.75) is 13.0 Å². The molecule has 4 aromatic rings. The molecule has 1 aromatic carbocycles. The van der Waals surface area contributed by atoms with Crippen LogP contribution >= 0.6 is 0 Å². The summed E-state index contributed by atoms with van der Waals surface area (Å²) in [6.07, 6.45) is 6.19. The Morgan fingerprint density at radius 2 is 1.92 bits per heavy atom. The highest BCUT2D eigenvalue weighted by atomic mass is 16.2. The van der Waals surface area contributed by atoms with E-state index in [0.29, 0.717) is 18.3 Å². The zero-order valence-electron chi connectivity index (χ0n) is 13.9. The number of carbonyl (C=O) groups is 1. The third-order valence-electron chi connectivity index (χ3n) is 4.40. The molecular formula is C18H15N7O. The van der Waals surface area contributed by atoms with Gasteiger partial charge in [-0.1, -0.05) is 30.3 Å². The smallest absolute Gasteiger partial charge is 0.300 e. The lowest BCUT2D eigenvalue weighted by Crippen LogP contribution is -2.38. The minimum Gasteiger partial charge on any atom is -0.316 e. The van der Waals surface area contributed by atoms with Crippen LogP contribution in [0.5, 0.6) is 0 Å². The van der Waals surface area contributed by atoms with Crippen molar-refractivity contribution in [3.63, 3.8) is 0 Å². The average molecular weight is 345 g/mol. The molecule has 3 aromatic heterocycles.